The molecule has 1 aliphatic rings. The van der Waals surface area contributed by atoms with Crippen LogP contribution in [0.5, 0.6) is 0 Å². The Bertz CT molecular complexity index is 544. The minimum atomic E-state index is -1.26. The SMILES string of the molecule is O=C(O)CN1CCCCN(C(=O)O)CCN(C(=O)O)CCN(C(=O)O)CC1. The van der Waals surface area contributed by atoms with Gasteiger partial charge in [-0.1, -0.05) is 0 Å². The summed E-state index contributed by atoms with van der Waals surface area (Å²) < 4.78 is 0. The lowest BCUT2D eigenvalue weighted by molar-refractivity contribution is -0.138. The lowest BCUT2D eigenvalue weighted by Gasteiger charge is -2.29. The van der Waals surface area contributed by atoms with Gasteiger partial charge in [-0.3, -0.25) is 9.69 Å². The van der Waals surface area contributed by atoms with Crippen LogP contribution in [0.15, 0.2) is 0 Å². The van der Waals surface area contributed by atoms with E-state index in [4.69, 9.17) is 5.11 Å². The van der Waals surface area contributed by atoms with Crippen molar-refractivity contribution in [2.45, 2.75) is 12.8 Å². The molecule has 0 aromatic carbocycles. The molecule has 27 heavy (non-hydrogen) atoms. The van der Waals surface area contributed by atoms with E-state index in [2.05, 4.69) is 0 Å². The van der Waals surface area contributed by atoms with Gasteiger partial charge in [0.1, 0.15) is 0 Å². The number of hydrogen-bond acceptors (Lipinski definition) is 5. The molecule has 1 rings (SSSR count). The molecule has 0 saturated carbocycles. The molecule has 1 aliphatic heterocycles. The molecule has 0 aromatic rings. The highest BCUT2D eigenvalue weighted by Crippen LogP contribution is 2.04. The van der Waals surface area contributed by atoms with Crippen LogP contribution in [0.25, 0.3) is 0 Å². The van der Waals surface area contributed by atoms with E-state index in [0.29, 0.717) is 19.4 Å². The summed E-state index contributed by atoms with van der Waals surface area (Å²) in [5, 5.41) is 36.8. The number of aliphatic carboxylic acids is 1. The largest absolute Gasteiger partial charge is 0.480 e. The van der Waals surface area contributed by atoms with E-state index in [9.17, 15) is 34.5 Å². The third kappa shape index (κ3) is 8.44. The predicted octanol–water partition coefficient (Wildman–Crippen LogP) is 0.107. The summed E-state index contributed by atoms with van der Waals surface area (Å²) in [7, 11) is 0. The Labute approximate surface area is 156 Å². The van der Waals surface area contributed by atoms with Crippen molar-refractivity contribution in [3.8, 4) is 0 Å². The van der Waals surface area contributed by atoms with Crippen LogP contribution in [0.1, 0.15) is 12.8 Å². The van der Waals surface area contributed by atoms with Crippen LogP contribution >= 0.6 is 0 Å². The van der Waals surface area contributed by atoms with Gasteiger partial charge in [0.15, 0.2) is 0 Å². The Morgan fingerprint density at radius 2 is 0.926 bits per heavy atom. The maximum Gasteiger partial charge on any atom is 0.407 e. The Hall–Kier alpha value is -2.76. The minimum Gasteiger partial charge on any atom is -0.480 e. The van der Waals surface area contributed by atoms with Crippen LogP contribution < -0.4 is 0 Å². The second-order valence-corrected chi connectivity index (χ2v) is 6.19. The summed E-state index contributed by atoms with van der Waals surface area (Å²) in [5.74, 6) is -1.04. The third-order valence-electron chi connectivity index (χ3n) is 4.29. The van der Waals surface area contributed by atoms with E-state index in [1.54, 1.807) is 4.90 Å². The zero-order valence-corrected chi connectivity index (χ0v) is 15.0. The maximum atomic E-state index is 11.4. The standard InChI is InChI=1S/C15H26N4O8/c20-12(21)11-16-3-1-2-4-17(13(22)23)7-8-19(15(26)27)10-9-18(6-5-16)14(24)25/h1-11H2,(H,20,21)(H,22,23)(H,24,25)(H,26,27). The average Bonchev–Trinajstić information content (AvgIpc) is 2.56. The first kappa shape index (κ1) is 22.3. The highest BCUT2D eigenvalue weighted by molar-refractivity contribution is 5.69. The highest BCUT2D eigenvalue weighted by Gasteiger charge is 2.21. The van der Waals surface area contributed by atoms with E-state index < -0.39 is 24.2 Å². The molecular formula is C15H26N4O8. The van der Waals surface area contributed by atoms with Gasteiger partial charge in [-0.25, -0.2) is 14.4 Å². The number of hydrogen-bond donors (Lipinski definition) is 4. The molecule has 1 saturated heterocycles. The van der Waals surface area contributed by atoms with Gasteiger partial charge in [0.25, 0.3) is 0 Å². The summed E-state index contributed by atoms with van der Waals surface area (Å²) in [6, 6.07) is 0. The van der Waals surface area contributed by atoms with Gasteiger partial charge >= 0.3 is 24.2 Å². The van der Waals surface area contributed by atoms with Crippen molar-refractivity contribution in [2.75, 3.05) is 58.9 Å². The fraction of sp³-hybridized carbons (Fsp3) is 0.733. The predicted molar refractivity (Wildman–Crippen MR) is 92.1 cm³/mol. The second kappa shape index (κ2) is 11.1. The first-order chi connectivity index (χ1) is 12.7. The number of carboxylic acids is 1. The molecule has 1 fully saturated rings. The molecule has 0 spiro atoms. The molecule has 0 unspecified atom stereocenters. The summed E-state index contributed by atoms with van der Waals surface area (Å²) in [6.07, 6.45) is -2.63. The molecule has 0 radical (unpaired) electrons. The maximum absolute atomic E-state index is 11.4. The van der Waals surface area contributed by atoms with Crippen molar-refractivity contribution in [1.29, 1.82) is 0 Å². The van der Waals surface area contributed by atoms with Crippen molar-refractivity contribution in [3.05, 3.63) is 0 Å². The lowest BCUT2D eigenvalue weighted by Crippen LogP contribution is -2.47. The molecule has 0 bridgehead atoms. The molecule has 1 heterocycles. The van der Waals surface area contributed by atoms with Crippen LogP contribution in [-0.2, 0) is 4.79 Å². The Kier molecular flexibility index (Phi) is 9.13. The number of carboxylic acid groups (broad SMARTS) is 4. The van der Waals surface area contributed by atoms with Crippen LogP contribution in [0, 0.1) is 0 Å². The molecular weight excluding hydrogens is 364 g/mol. The first-order valence-electron chi connectivity index (χ1n) is 8.58. The topological polar surface area (TPSA) is 162 Å². The van der Waals surface area contributed by atoms with Crippen molar-refractivity contribution in [1.82, 2.24) is 19.6 Å². The minimum absolute atomic E-state index is 0.0203. The van der Waals surface area contributed by atoms with Gasteiger partial charge in [-0.2, -0.15) is 0 Å². The van der Waals surface area contributed by atoms with Crippen molar-refractivity contribution in [2.24, 2.45) is 0 Å². The van der Waals surface area contributed by atoms with Gasteiger partial charge in [-0.15, -0.1) is 0 Å². The smallest absolute Gasteiger partial charge is 0.407 e. The fourth-order valence-electron chi connectivity index (χ4n) is 2.75. The molecule has 4 N–H and O–H groups in total. The first-order valence-corrected chi connectivity index (χ1v) is 8.58. The highest BCUT2D eigenvalue weighted by atomic mass is 16.4. The van der Waals surface area contributed by atoms with Crippen LogP contribution in [-0.4, -0.2) is 123 Å². The monoisotopic (exact) mass is 390 g/mol. The summed E-state index contributed by atoms with van der Waals surface area (Å²) >= 11 is 0. The van der Waals surface area contributed by atoms with Crippen molar-refractivity contribution >= 4 is 24.2 Å². The van der Waals surface area contributed by atoms with E-state index >= 15 is 0 Å². The molecule has 0 aliphatic carbocycles. The van der Waals surface area contributed by atoms with Gasteiger partial charge in [0.05, 0.1) is 6.54 Å². The Morgan fingerprint density at radius 3 is 1.33 bits per heavy atom. The number of nitrogens with zero attached hydrogens (tertiary/aromatic N) is 4. The summed E-state index contributed by atoms with van der Waals surface area (Å²) in [4.78, 5) is 49.7. The molecule has 0 aromatic heterocycles. The van der Waals surface area contributed by atoms with Crippen LogP contribution in [0.3, 0.4) is 0 Å². The van der Waals surface area contributed by atoms with Gasteiger partial charge in [0, 0.05) is 45.8 Å². The fourth-order valence-corrected chi connectivity index (χ4v) is 2.75. The van der Waals surface area contributed by atoms with Crippen molar-refractivity contribution in [3.63, 3.8) is 0 Å². The normalized spacial score (nSPS) is 18.6. The summed E-state index contributed by atoms with van der Waals surface area (Å²) in [5.41, 5.74) is 0. The van der Waals surface area contributed by atoms with Gasteiger partial charge < -0.3 is 35.1 Å². The number of amides is 3. The van der Waals surface area contributed by atoms with E-state index in [1.165, 1.54) is 0 Å². The second-order valence-electron chi connectivity index (χ2n) is 6.19. The van der Waals surface area contributed by atoms with Gasteiger partial charge in [0.2, 0.25) is 0 Å². The Balaban J connectivity index is 2.89. The molecule has 12 nitrogen and oxygen atoms in total. The molecule has 3 amide bonds. The quantitative estimate of drug-likeness (QED) is 0.512. The molecule has 154 valence electrons. The zero-order chi connectivity index (χ0) is 20.4. The van der Waals surface area contributed by atoms with Crippen LogP contribution in [0.2, 0.25) is 0 Å². The molecule has 0 atom stereocenters. The summed E-state index contributed by atoms with van der Waals surface area (Å²) in [6.45, 7) is 0.333. The Morgan fingerprint density at radius 1 is 0.556 bits per heavy atom. The average molecular weight is 390 g/mol. The lowest BCUT2D eigenvalue weighted by atomic mass is 10.2. The van der Waals surface area contributed by atoms with Crippen LogP contribution in [0.4, 0.5) is 14.4 Å². The van der Waals surface area contributed by atoms with E-state index in [1.807, 2.05) is 0 Å². The number of rotatable bonds is 2. The van der Waals surface area contributed by atoms with Crippen molar-refractivity contribution < 1.29 is 39.6 Å². The van der Waals surface area contributed by atoms with E-state index in [0.717, 1.165) is 14.7 Å². The zero-order valence-electron chi connectivity index (χ0n) is 15.0. The third-order valence-corrected chi connectivity index (χ3v) is 4.29. The number of carbonyl (C=O) groups is 4. The molecule has 12 heteroatoms. The van der Waals surface area contributed by atoms with E-state index in [-0.39, 0.29) is 52.4 Å². The van der Waals surface area contributed by atoms with Gasteiger partial charge in [-0.05, 0) is 19.4 Å².